The molecule has 0 aromatic carbocycles. The van der Waals surface area contributed by atoms with E-state index in [4.69, 9.17) is 5.84 Å². The largest absolute Gasteiger partial charge is 0.391 e. The van der Waals surface area contributed by atoms with E-state index in [-0.39, 0.29) is 6.10 Å². The lowest BCUT2D eigenvalue weighted by molar-refractivity contribution is 0.154. The van der Waals surface area contributed by atoms with Gasteiger partial charge in [-0.3, -0.25) is 5.43 Å². The molecule has 0 bridgehead atoms. The Morgan fingerprint density at radius 3 is 3.10 bits per heavy atom. The molecule has 1 saturated heterocycles. The number of β-amino-alcohol motifs (C(OH)–C–C–N with tert-alkyl or cyclic N) is 1. The van der Waals surface area contributed by atoms with Gasteiger partial charge in [0.05, 0.1) is 11.5 Å². The second-order valence-corrected chi connectivity index (χ2v) is 6.16. The van der Waals surface area contributed by atoms with Gasteiger partial charge in [-0.15, -0.1) is 11.3 Å². The molecule has 1 aliphatic rings. The number of nitrogens with zero attached hydrogens (tertiary/aromatic N) is 3. The fourth-order valence-electron chi connectivity index (χ4n) is 2.58. The van der Waals surface area contributed by atoms with Crippen LogP contribution in [0.4, 0.5) is 11.8 Å². The van der Waals surface area contributed by atoms with Crippen LogP contribution in [-0.4, -0.2) is 34.3 Å². The van der Waals surface area contributed by atoms with Crippen LogP contribution in [0.1, 0.15) is 24.6 Å². The Labute approximate surface area is 121 Å². The minimum Gasteiger partial charge on any atom is -0.391 e. The predicted octanol–water partition coefficient (Wildman–Crippen LogP) is 1.50. The Morgan fingerprint density at radius 1 is 1.55 bits per heavy atom. The first-order chi connectivity index (χ1) is 9.71. The van der Waals surface area contributed by atoms with Crippen molar-refractivity contribution in [2.24, 2.45) is 5.84 Å². The molecule has 1 fully saturated rings. The number of nitrogen functional groups attached to an aromatic ring is 1. The summed E-state index contributed by atoms with van der Waals surface area (Å²) in [6.07, 6.45) is 2.53. The zero-order chi connectivity index (χ0) is 14.1. The molecule has 0 amide bonds. The number of thiophene rings is 1. The molecule has 2 aromatic rings. The number of piperidine rings is 1. The molecule has 6 nitrogen and oxygen atoms in total. The van der Waals surface area contributed by atoms with Crippen LogP contribution >= 0.6 is 11.3 Å². The molecule has 0 radical (unpaired) electrons. The van der Waals surface area contributed by atoms with E-state index >= 15 is 0 Å². The number of nitrogens with one attached hydrogen (secondary N) is 1. The molecule has 0 saturated carbocycles. The number of hydrazine groups is 1. The van der Waals surface area contributed by atoms with Gasteiger partial charge in [0, 0.05) is 18.0 Å². The standard InChI is InChI=1S/C13H19N5OS/c1-2-9-6-10-11(18-5-3-4-8(19)7-18)15-13(17-14)16-12(10)20-9/h6,8,19H,2-5,7,14H2,1H3,(H,15,16,17). The quantitative estimate of drug-likeness (QED) is 0.587. The number of aryl methyl sites for hydroxylation is 1. The summed E-state index contributed by atoms with van der Waals surface area (Å²) in [4.78, 5) is 13.3. The first-order valence-electron chi connectivity index (χ1n) is 6.91. The highest BCUT2D eigenvalue weighted by Gasteiger charge is 2.22. The number of aliphatic hydroxyl groups is 1. The van der Waals surface area contributed by atoms with Crippen molar-refractivity contribution >= 4 is 33.3 Å². The first kappa shape index (κ1) is 13.5. The van der Waals surface area contributed by atoms with Gasteiger partial charge in [-0.25, -0.2) is 10.8 Å². The van der Waals surface area contributed by atoms with Gasteiger partial charge in [-0.05, 0) is 25.3 Å². The van der Waals surface area contributed by atoms with Crippen LogP contribution in [0.15, 0.2) is 6.07 Å². The molecule has 4 N–H and O–H groups in total. The minimum absolute atomic E-state index is 0.285. The molecule has 7 heteroatoms. The molecule has 108 valence electrons. The molecule has 3 rings (SSSR count). The van der Waals surface area contributed by atoms with Crippen LogP contribution in [0.3, 0.4) is 0 Å². The number of aliphatic hydroxyl groups excluding tert-OH is 1. The third-order valence-corrected chi connectivity index (χ3v) is 4.77. The molecule has 1 aliphatic heterocycles. The Kier molecular flexibility index (Phi) is 3.73. The van der Waals surface area contributed by atoms with Gasteiger partial charge in [-0.1, -0.05) is 6.92 Å². The average Bonchev–Trinajstić information content (AvgIpc) is 2.89. The van der Waals surface area contributed by atoms with Crippen molar-refractivity contribution in [2.75, 3.05) is 23.4 Å². The van der Waals surface area contributed by atoms with Crippen LogP contribution in [0.25, 0.3) is 10.2 Å². The van der Waals surface area contributed by atoms with E-state index in [1.165, 1.54) is 4.88 Å². The van der Waals surface area contributed by atoms with Gasteiger partial charge in [0.2, 0.25) is 5.95 Å². The first-order valence-corrected chi connectivity index (χ1v) is 7.73. The zero-order valence-corrected chi connectivity index (χ0v) is 12.3. The van der Waals surface area contributed by atoms with Crippen LogP contribution in [0, 0.1) is 0 Å². The fraction of sp³-hybridized carbons (Fsp3) is 0.538. The number of fused-ring (bicyclic) bond motifs is 1. The van der Waals surface area contributed by atoms with Gasteiger partial charge in [0.1, 0.15) is 10.6 Å². The lowest BCUT2D eigenvalue weighted by Gasteiger charge is -2.31. The Balaban J connectivity index is 2.09. The van der Waals surface area contributed by atoms with Gasteiger partial charge in [-0.2, -0.15) is 4.98 Å². The summed E-state index contributed by atoms with van der Waals surface area (Å²) in [6, 6.07) is 2.15. The maximum Gasteiger partial charge on any atom is 0.240 e. The number of hydrogen-bond donors (Lipinski definition) is 3. The second kappa shape index (κ2) is 5.51. The van der Waals surface area contributed by atoms with E-state index in [1.807, 2.05) is 0 Å². The number of aromatic nitrogens is 2. The number of nitrogens with two attached hydrogens (primary N) is 1. The molecule has 3 heterocycles. The number of rotatable bonds is 3. The maximum atomic E-state index is 9.87. The topological polar surface area (TPSA) is 87.3 Å². The predicted molar refractivity (Wildman–Crippen MR) is 82.1 cm³/mol. The van der Waals surface area contributed by atoms with Crippen molar-refractivity contribution in [1.82, 2.24) is 9.97 Å². The maximum absolute atomic E-state index is 9.87. The second-order valence-electron chi connectivity index (χ2n) is 5.04. The molecule has 1 unspecified atom stereocenters. The Morgan fingerprint density at radius 2 is 2.40 bits per heavy atom. The summed E-state index contributed by atoms with van der Waals surface area (Å²) in [6.45, 7) is 3.66. The van der Waals surface area contributed by atoms with Crippen molar-refractivity contribution < 1.29 is 5.11 Å². The van der Waals surface area contributed by atoms with E-state index in [0.29, 0.717) is 12.5 Å². The van der Waals surface area contributed by atoms with Crippen LogP contribution in [-0.2, 0) is 6.42 Å². The third kappa shape index (κ3) is 2.44. The fourth-order valence-corrected chi connectivity index (χ4v) is 3.54. The summed E-state index contributed by atoms with van der Waals surface area (Å²) >= 11 is 1.67. The lowest BCUT2D eigenvalue weighted by atomic mass is 10.1. The van der Waals surface area contributed by atoms with Crippen molar-refractivity contribution in [3.05, 3.63) is 10.9 Å². The SMILES string of the molecule is CCc1cc2c(N3CCCC(O)C3)nc(NN)nc2s1. The lowest BCUT2D eigenvalue weighted by Crippen LogP contribution is -2.39. The summed E-state index contributed by atoms with van der Waals surface area (Å²) in [5, 5.41) is 10.9. The van der Waals surface area contributed by atoms with Crippen LogP contribution < -0.4 is 16.2 Å². The minimum atomic E-state index is -0.285. The van der Waals surface area contributed by atoms with E-state index in [9.17, 15) is 5.11 Å². The summed E-state index contributed by atoms with van der Waals surface area (Å²) in [5.74, 6) is 6.77. The van der Waals surface area contributed by atoms with Gasteiger partial charge < -0.3 is 10.0 Å². The highest BCUT2D eigenvalue weighted by molar-refractivity contribution is 7.18. The number of anilines is 2. The number of hydrogen-bond acceptors (Lipinski definition) is 7. The zero-order valence-electron chi connectivity index (χ0n) is 11.5. The van der Waals surface area contributed by atoms with Crippen molar-refractivity contribution in [2.45, 2.75) is 32.3 Å². The Bertz CT molecular complexity index is 614. The Hall–Kier alpha value is -1.44. The molecular formula is C13H19N5OS. The molecule has 2 aromatic heterocycles. The molecule has 0 aliphatic carbocycles. The van der Waals surface area contributed by atoms with E-state index < -0.39 is 0 Å². The molecule has 20 heavy (non-hydrogen) atoms. The van der Waals surface area contributed by atoms with E-state index in [1.54, 1.807) is 11.3 Å². The molecule has 1 atom stereocenters. The van der Waals surface area contributed by atoms with Gasteiger partial charge in [0.15, 0.2) is 0 Å². The average molecular weight is 293 g/mol. The van der Waals surface area contributed by atoms with E-state index in [0.717, 1.165) is 41.8 Å². The molecule has 0 spiro atoms. The van der Waals surface area contributed by atoms with Crippen molar-refractivity contribution in [3.8, 4) is 0 Å². The van der Waals surface area contributed by atoms with Crippen molar-refractivity contribution in [1.29, 1.82) is 0 Å². The van der Waals surface area contributed by atoms with Gasteiger partial charge in [0.25, 0.3) is 0 Å². The third-order valence-electron chi connectivity index (χ3n) is 3.60. The van der Waals surface area contributed by atoms with Crippen LogP contribution in [0.5, 0.6) is 0 Å². The summed E-state index contributed by atoms with van der Waals surface area (Å²) in [5.41, 5.74) is 2.53. The summed E-state index contributed by atoms with van der Waals surface area (Å²) in [7, 11) is 0. The molecular weight excluding hydrogens is 274 g/mol. The van der Waals surface area contributed by atoms with E-state index in [2.05, 4.69) is 33.3 Å². The summed E-state index contributed by atoms with van der Waals surface area (Å²) < 4.78 is 0. The normalized spacial score (nSPS) is 19.6. The van der Waals surface area contributed by atoms with Crippen molar-refractivity contribution in [3.63, 3.8) is 0 Å². The monoisotopic (exact) mass is 293 g/mol. The highest BCUT2D eigenvalue weighted by atomic mass is 32.1. The van der Waals surface area contributed by atoms with Gasteiger partial charge >= 0.3 is 0 Å². The highest BCUT2D eigenvalue weighted by Crippen LogP contribution is 2.33. The van der Waals surface area contributed by atoms with Crippen LogP contribution in [0.2, 0.25) is 0 Å². The smallest absolute Gasteiger partial charge is 0.240 e.